The molecular formula is C33H45F3INO2Si. The largest absolute Gasteiger partial charge is 0.416 e. The van der Waals surface area contributed by atoms with Gasteiger partial charge in [-0.05, 0) is 79.3 Å². The van der Waals surface area contributed by atoms with E-state index in [-0.39, 0.29) is 26.4 Å². The average molecular weight is 700 g/mol. The Morgan fingerprint density at radius 1 is 1.12 bits per heavy atom. The topological polar surface area (TPSA) is 31.4 Å². The summed E-state index contributed by atoms with van der Waals surface area (Å²) in [4.78, 5) is 5.38. The second kappa shape index (κ2) is 10.3. The molecule has 8 heteroatoms. The number of benzene rings is 1. The summed E-state index contributed by atoms with van der Waals surface area (Å²) in [6, 6.07) is 5.72. The van der Waals surface area contributed by atoms with Crippen molar-refractivity contribution in [2.24, 2.45) is 5.41 Å². The van der Waals surface area contributed by atoms with E-state index in [4.69, 9.17) is 14.1 Å². The maximum atomic E-state index is 13.9. The summed E-state index contributed by atoms with van der Waals surface area (Å²) in [5.74, 6) is 0.0972. The van der Waals surface area contributed by atoms with Crippen LogP contribution < -0.4 is 0 Å². The molecule has 1 saturated carbocycles. The first-order valence-corrected chi connectivity index (χ1v) is 19.2. The molecule has 2 aromatic rings. The van der Waals surface area contributed by atoms with E-state index in [1.807, 2.05) is 0 Å². The third-order valence-electron chi connectivity index (χ3n) is 9.92. The fourth-order valence-corrected chi connectivity index (χ4v) is 9.35. The van der Waals surface area contributed by atoms with E-state index in [2.05, 4.69) is 84.2 Å². The number of fused-ring (bicyclic) bond motifs is 4. The van der Waals surface area contributed by atoms with Crippen molar-refractivity contribution in [3.8, 4) is 0 Å². The lowest BCUT2D eigenvalue weighted by Crippen LogP contribution is -2.44. The van der Waals surface area contributed by atoms with E-state index in [1.165, 1.54) is 23.3 Å². The van der Waals surface area contributed by atoms with Gasteiger partial charge in [-0.15, -0.1) is 0 Å². The first-order chi connectivity index (χ1) is 18.8. The number of pyridine rings is 1. The molecule has 4 atom stereocenters. The number of hydrogen-bond acceptors (Lipinski definition) is 3. The van der Waals surface area contributed by atoms with Crippen LogP contribution in [-0.4, -0.2) is 17.2 Å². The zero-order valence-electron chi connectivity index (χ0n) is 25.9. The molecule has 3 nitrogen and oxygen atoms in total. The molecule has 226 valence electrons. The van der Waals surface area contributed by atoms with Gasteiger partial charge in [-0.25, -0.2) is 0 Å². The van der Waals surface area contributed by atoms with Crippen molar-refractivity contribution in [2.75, 3.05) is 0 Å². The molecule has 0 radical (unpaired) electrons. The van der Waals surface area contributed by atoms with Crippen LogP contribution in [0.4, 0.5) is 13.2 Å². The number of ether oxygens (including phenoxy) is 1. The van der Waals surface area contributed by atoms with Crippen molar-refractivity contribution in [1.29, 1.82) is 0 Å². The van der Waals surface area contributed by atoms with Crippen molar-refractivity contribution in [1.82, 2.24) is 4.98 Å². The average Bonchev–Trinajstić information content (AvgIpc) is 3.37. The molecule has 1 aromatic heterocycles. The third-order valence-corrected chi connectivity index (χ3v) is 16.0. The fourth-order valence-electron chi connectivity index (χ4n) is 6.88. The normalized spacial score (nSPS) is 27.9. The molecular weight excluding hydrogens is 654 g/mol. The van der Waals surface area contributed by atoms with Gasteiger partial charge in [0, 0.05) is 32.0 Å². The fraction of sp³-hybridized carbons (Fsp3) is 0.667. The van der Waals surface area contributed by atoms with Crippen molar-refractivity contribution in [2.45, 2.75) is 133 Å². The van der Waals surface area contributed by atoms with Crippen molar-refractivity contribution in [3.05, 3.63) is 63.5 Å². The van der Waals surface area contributed by atoms with E-state index in [0.717, 1.165) is 55.1 Å². The van der Waals surface area contributed by atoms with Gasteiger partial charge < -0.3 is 9.16 Å². The maximum absolute atomic E-state index is 13.9. The van der Waals surface area contributed by atoms with Gasteiger partial charge in [0.2, 0.25) is 0 Å². The number of nitrogens with zero attached hydrogens (tertiary/aromatic N) is 1. The number of halogens is 4. The molecule has 0 N–H and O–H groups in total. The lowest BCUT2D eigenvalue weighted by atomic mass is 9.70. The van der Waals surface area contributed by atoms with Crippen LogP contribution >= 0.6 is 22.6 Å². The highest BCUT2D eigenvalue weighted by atomic mass is 127. The van der Waals surface area contributed by atoms with E-state index in [0.29, 0.717) is 5.56 Å². The quantitative estimate of drug-likeness (QED) is 0.181. The van der Waals surface area contributed by atoms with Crippen molar-refractivity contribution < 1.29 is 22.3 Å². The number of rotatable bonds is 4. The minimum absolute atomic E-state index is 0.0159. The van der Waals surface area contributed by atoms with Crippen molar-refractivity contribution in [3.63, 3.8) is 0 Å². The highest BCUT2D eigenvalue weighted by Crippen LogP contribution is 2.62. The molecule has 41 heavy (non-hydrogen) atoms. The molecule has 2 aliphatic carbocycles. The van der Waals surface area contributed by atoms with Crippen LogP contribution in [0.1, 0.15) is 131 Å². The van der Waals surface area contributed by atoms with Gasteiger partial charge in [0.05, 0.1) is 11.7 Å². The second-order valence-electron chi connectivity index (χ2n) is 15.1. The summed E-state index contributed by atoms with van der Waals surface area (Å²) in [5.41, 5.74) is 4.75. The van der Waals surface area contributed by atoms with Gasteiger partial charge in [-0.2, -0.15) is 13.2 Å². The second-order valence-corrected chi connectivity index (χ2v) is 21.3. The molecule has 2 unspecified atom stereocenters. The van der Waals surface area contributed by atoms with Crippen LogP contribution in [0.25, 0.3) is 0 Å². The van der Waals surface area contributed by atoms with E-state index in [9.17, 15) is 13.2 Å². The van der Waals surface area contributed by atoms with Crippen LogP contribution in [0.5, 0.6) is 0 Å². The summed E-state index contributed by atoms with van der Waals surface area (Å²) in [6.07, 6.45) is -0.507. The summed E-state index contributed by atoms with van der Waals surface area (Å²) < 4.78 is 56.2. The van der Waals surface area contributed by atoms with Crippen molar-refractivity contribution >= 4 is 30.9 Å². The SMILES string of the molecule is CC(C)c1nc2c(c3c1[C@@H](c1cccc(C(F)(F)F)c1)OC31CCCC1I)[C@@H](O[Si](C)(C)C(C)(C)C)CC(C)(C)C2. The monoisotopic (exact) mass is 699 g/mol. The Morgan fingerprint density at radius 3 is 2.37 bits per heavy atom. The molecule has 1 aliphatic heterocycles. The van der Waals surface area contributed by atoms with E-state index in [1.54, 1.807) is 6.07 Å². The lowest BCUT2D eigenvalue weighted by Gasteiger charge is -2.45. The Morgan fingerprint density at radius 2 is 1.80 bits per heavy atom. The van der Waals surface area contributed by atoms with Gasteiger partial charge in [0.1, 0.15) is 11.7 Å². The maximum Gasteiger partial charge on any atom is 0.416 e. The molecule has 3 aliphatic rings. The molecule has 2 heterocycles. The van der Waals surface area contributed by atoms with Crippen LogP contribution in [0.15, 0.2) is 24.3 Å². The Hall–Kier alpha value is -0.973. The van der Waals surface area contributed by atoms with Crippen LogP contribution in [-0.2, 0) is 27.4 Å². The standard InChI is InChI=1S/C33H45F3INO2Si/c1-19(2)28-26-27(25-22(38-28)17-31(6,7)18-23(25)40-41(8,9)30(3,4)5)32(15-11-14-24(32)37)39-29(26)20-12-10-13-21(16-20)33(34,35)36/h10,12-13,16,19,23-24,29H,11,14-15,17-18H2,1-9H3/t23-,24?,29+,32?/m0/s1. The molecule has 1 aromatic carbocycles. The van der Waals surface area contributed by atoms with Gasteiger partial charge in [0.15, 0.2) is 8.32 Å². The molecule has 0 bridgehead atoms. The molecule has 0 saturated heterocycles. The minimum atomic E-state index is -4.42. The van der Waals surface area contributed by atoms with Crippen LogP contribution in [0, 0.1) is 5.41 Å². The van der Waals surface area contributed by atoms with Gasteiger partial charge >= 0.3 is 6.18 Å². The Labute approximate surface area is 258 Å². The summed E-state index contributed by atoms with van der Waals surface area (Å²) in [6.45, 7) is 20.3. The smallest absolute Gasteiger partial charge is 0.410 e. The first kappa shape index (κ1) is 31.5. The summed E-state index contributed by atoms with van der Waals surface area (Å²) in [5, 5.41) is 0.0388. The summed E-state index contributed by atoms with van der Waals surface area (Å²) in [7, 11) is -2.16. The van der Waals surface area contributed by atoms with Crippen LogP contribution in [0.3, 0.4) is 0 Å². The van der Waals surface area contributed by atoms with Gasteiger partial charge in [-0.3, -0.25) is 4.98 Å². The van der Waals surface area contributed by atoms with E-state index < -0.39 is 31.8 Å². The van der Waals surface area contributed by atoms with E-state index >= 15 is 0 Å². The van der Waals surface area contributed by atoms with Gasteiger partial charge in [0.25, 0.3) is 0 Å². The predicted molar refractivity (Wildman–Crippen MR) is 169 cm³/mol. The minimum Gasteiger partial charge on any atom is -0.410 e. The predicted octanol–water partition coefficient (Wildman–Crippen LogP) is 10.6. The summed E-state index contributed by atoms with van der Waals surface area (Å²) >= 11 is 2.53. The van der Waals surface area contributed by atoms with Gasteiger partial charge in [-0.1, -0.05) is 83.2 Å². The van der Waals surface area contributed by atoms with Crippen LogP contribution in [0.2, 0.25) is 18.1 Å². The number of alkyl halides is 4. The zero-order valence-corrected chi connectivity index (χ0v) is 29.1. The molecule has 0 amide bonds. The number of aromatic nitrogens is 1. The molecule has 1 spiro atoms. The Bertz CT molecular complexity index is 1330. The Balaban J connectivity index is 1.81. The zero-order chi connectivity index (χ0) is 30.3. The molecule has 1 fully saturated rings. The lowest BCUT2D eigenvalue weighted by molar-refractivity contribution is -0.137. The molecule has 5 rings (SSSR count). The highest BCUT2D eigenvalue weighted by Gasteiger charge is 2.57. The number of hydrogen-bond donors (Lipinski definition) is 0. The third kappa shape index (κ3) is 5.46. The Kier molecular flexibility index (Phi) is 7.90. The highest BCUT2D eigenvalue weighted by molar-refractivity contribution is 14.1. The first-order valence-electron chi connectivity index (χ1n) is 15.0.